The summed E-state index contributed by atoms with van der Waals surface area (Å²) < 4.78 is 33.6. The maximum absolute atomic E-state index is 12.7. The lowest BCUT2D eigenvalue weighted by Gasteiger charge is -2.37. The van der Waals surface area contributed by atoms with Gasteiger partial charge in [-0.25, -0.2) is 0 Å². The number of morpholine rings is 1. The van der Waals surface area contributed by atoms with Crippen molar-refractivity contribution in [1.82, 2.24) is 8.61 Å². The summed E-state index contributed by atoms with van der Waals surface area (Å²) in [6.07, 6.45) is 0.0638. The molecule has 4 unspecified atom stereocenters. The van der Waals surface area contributed by atoms with Crippen LogP contribution in [0.5, 0.6) is 0 Å². The number of carboxylic acid groups (broad SMARTS) is 1. The quantitative estimate of drug-likeness (QED) is 0.801. The van der Waals surface area contributed by atoms with Crippen molar-refractivity contribution in [2.24, 2.45) is 5.92 Å². The van der Waals surface area contributed by atoms with E-state index in [0.717, 1.165) is 0 Å². The van der Waals surface area contributed by atoms with Crippen LogP contribution < -0.4 is 0 Å². The van der Waals surface area contributed by atoms with Gasteiger partial charge in [-0.3, -0.25) is 4.79 Å². The van der Waals surface area contributed by atoms with Gasteiger partial charge in [-0.05, 0) is 27.2 Å². The zero-order valence-electron chi connectivity index (χ0n) is 12.0. The van der Waals surface area contributed by atoms with Crippen LogP contribution in [0.15, 0.2) is 0 Å². The molecule has 0 aromatic heterocycles. The molecule has 2 rings (SSSR count). The fourth-order valence-electron chi connectivity index (χ4n) is 3.03. The Labute approximate surface area is 119 Å². The lowest BCUT2D eigenvalue weighted by atomic mass is 10.0. The van der Waals surface area contributed by atoms with E-state index in [1.807, 2.05) is 13.8 Å². The molecule has 0 radical (unpaired) electrons. The third-order valence-corrected chi connectivity index (χ3v) is 6.08. The number of nitrogens with zero attached hydrogens (tertiary/aromatic N) is 2. The Morgan fingerprint density at radius 3 is 2.20 bits per heavy atom. The van der Waals surface area contributed by atoms with Crippen LogP contribution >= 0.6 is 0 Å². The Kier molecular flexibility index (Phi) is 4.38. The Morgan fingerprint density at radius 1 is 1.20 bits per heavy atom. The van der Waals surface area contributed by atoms with Gasteiger partial charge in [0.05, 0.1) is 18.1 Å². The number of ether oxygens (including phenoxy) is 1. The van der Waals surface area contributed by atoms with Gasteiger partial charge in [0.15, 0.2) is 0 Å². The molecule has 2 aliphatic heterocycles. The van der Waals surface area contributed by atoms with Gasteiger partial charge in [0, 0.05) is 25.7 Å². The highest BCUT2D eigenvalue weighted by molar-refractivity contribution is 7.86. The van der Waals surface area contributed by atoms with Crippen LogP contribution in [0.3, 0.4) is 0 Å². The molecular formula is C12H22N2O5S. The van der Waals surface area contributed by atoms with Crippen molar-refractivity contribution >= 4 is 16.2 Å². The summed E-state index contributed by atoms with van der Waals surface area (Å²) in [4.78, 5) is 11.1. The highest BCUT2D eigenvalue weighted by Gasteiger charge is 2.45. The third-order valence-electron chi connectivity index (χ3n) is 4.02. The predicted octanol–water partition coefficient (Wildman–Crippen LogP) is 0.135. The first-order valence-electron chi connectivity index (χ1n) is 6.88. The van der Waals surface area contributed by atoms with Crippen LogP contribution in [-0.2, 0) is 19.7 Å². The molecule has 0 aliphatic carbocycles. The summed E-state index contributed by atoms with van der Waals surface area (Å²) in [5.74, 6) is -1.56. The zero-order valence-corrected chi connectivity index (χ0v) is 12.8. The summed E-state index contributed by atoms with van der Waals surface area (Å²) >= 11 is 0. The highest BCUT2D eigenvalue weighted by Crippen LogP contribution is 2.29. The molecule has 2 fully saturated rings. The minimum atomic E-state index is -3.62. The van der Waals surface area contributed by atoms with Gasteiger partial charge in [0.25, 0.3) is 10.2 Å². The molecule has 7 nitrogen and oxygen atoms in total. The van der Waals surface area contributed by atoms with E-state index >= 15 is 0 Å². The van der Waals surface area contributed by atoms with E-state index in [9.17, 15) is 13.2 Å². The van der Waals surface area contributed by atoms with Crippen molar-refractivity contribution in [2.45, 2.75) is 45.4 Å². The minimum Gasteiger partial charge on any atom is -0.481 e. The molecule has 8 heteroatoms. The first kappa shape index (κ1) is 15.7. The predicted molar refractivity (Wildman–Crippen MR) is 72.4 cm³/mol. The van der Waals surface area contributed by atoms with Crippen LogP contribution in [0.4, 0.5) is 0 Å². The number of hydrogen-bond acceptors (Lipinski definition) is 4. The molecule has 0 amide bonds. The van der Waals surface area contributed by atoms with Crippen molar-refractivity contribution in [3.63, 3.8) is 0 Å². The average Bonchev–Trinajstić information content (AvgIpc) is 2.70. The number of carboxylic acids is 1. The first-order valence-corrected chi connectivity index (χ1v) is 8.28. The molecule has 0 aromatic carbocycles. The van der Waals surface area contributed by atoms with Crippen molar-refractivity contribution in [1.29, 1.82) is 0 Å². The fraction of sp³-hybridized carbons (Fsp3) is 0.917. The molecule has 0 spiro atoms. The molecule has 20 heavy (non-hydrogen) atoms. The summed E-state index contributed by atoms with van der Waals surface area (Å²) in [5, 5.41) is 9.11. The Bertz CT molecular complexity index is 470. The summed E-state index contributed by atoms with van der Waals surface area (Å²) in [5.41, 5.74) is 0. The molecule has 1 N–H and O–H groups in total. The van der Waals surface area contributed by atoms with Crippen molar-refractivity contribution in [2.75, 3.05) is 19.6 Å². The van der Waals surface area contributed by atoms with Gasteiger partial charge in [0.2, 0.25) is 0 Å². The van der Waals surface area contributed by atoms with Gasteiger partial charge in [-0.15, -0.1) is 0 Å². The van der Waals surface area contributed by atoms with Crippen LogP contribution in [0.25, 0.3) is 0 Å². The molecule has 4 atom stereocenters. The molecule has 0 saturated carbocycles. The van der Waals surface area contributed by atoms with E-state index in [2.05, 4.69) is 0 Å². The van der Waals surface area contributed by atoms with Gasteiger partial charge in [0.1, 0.15) is 0 Å². The maximum atomic E-state index is 12.7. The van der Waals surface area contributed by atoms with Gasteiger partial charge >= 0.3 is 5.97 Å². The van der Waals surface area contributed by atoms with Crippen LogP contribution in [0.2, 0.25) is 0 Å². The smallest absolute Gasteiger partial charge is 0.308 e. The van der Waals surface area contributed by atoms with E-state index in [-0.39, 0.29) is 18.8 Å². The molecule has 0 bridgehead atoms. The van der Waals surface area contributed by atoms with E-state index in [1.54, 1.807) is 6.92 Å². The third kappa shape index (κ3) is 2.83. The molecule has 0 aromatic rings. The van der Waals surface area contributed by atoms with Gasteiger partial charge < -0.3 is 9.84 Å². The number of carbonyl (C=O) groups is 1. The largest absolute Gasteiger partial charge is 0.481 e. The van der Waals surface area contributed by atoms with Crippen molar-refractivity contribution in [3.05, 3.63) is 0 Å². The second kappa shape index (κ2) is 5.59. The Hall–Kier alpha value is -0.700. The van der Waals surface area contributed by atoms with Crippen molar-refractivity contribution < 1.29 is 23.1 Å². The molecular weight excluding hydrogens is 284 g/mol. The average molecular weight is 306 g/mol. The topological polar surface area (TPSA) is 87.2 Å². The Balaban J connectivity index is 2.17. The monoisotopic (exact) mass is 306 g/mol. The highest BCUT2D eigenvalue weighted by atomic mass is 32.2. The van der Waals surface area contributed by atoms with Crippen LogP contribution in [-0.4, -0.2) is 66.0 Å². The van der Waals surface area contributed by atoms with Gasteiger partial charge in [-0.2, -0.15) is 17.0 Å². The van der Waals surface area contributed by atoms with E-state index < -0.39 is 28.1 Å². The molecule has 116 valence electrons. The second-order valence-electron chi connectivity index (χ2n) is 5.67. The number of aliphatic carboxylic acids is 1. The maximum Gasteiger partial charge on any atom is 0.308 e. The SMILES string of the molecule is CC1CN(S(=O)(=O)N2CCC(C(=O)O)C2C)CC(C)O1. The molecule has 2 heterocycles. The van der Waals surface area contributed by atoms with Gasteiger partial charge in [-0.1, -0.05) is 0 Å². The standard InChI is InChI=1S/C12H22N2O5S/c1-8-6-13(7-9(2)19-8)20(17,18)14-5-4-11(10(14)3)12(15)16/h8-11H,4-7H2,1-3H3,(H,15,16). The summed E-state index contributed by atoms with van der Waals surface area (Å²) in [6, 6.07) is -0.508. The van der Waals surface area contributed by atoms with Crippen LogP contribution in [0, 0.1) is 5.92 Å². The lowest BCUT2D eigenvalue weighted by molar-refractivity contribution is -0.142. The lowest BCUT2D eigenvalue weighted by Crippen LogP contribution is -2.54. The van der Waals surface area contributed by atoms with Crippen LogP contribution in [0.1, 0.15) is 27.2 Å². The minimum absolute atomic E-state index is 0.151. The molecule has 2 aliphatic rings. The van der Waals surface area contributed by atoms with E-state index in [4.69, 9.17) is 9.84 Å². The van der Waals surface area contributed by atoms with E-state index in [0.29, 0.717) is 19.5 Å². The fourth-order valence-corrected chi connectivity index (χ4v) is 5.03. The number of rotatable bonds is 3. The Morgan fingerprint density at radius 2 is 1.75 bits per heavy atom. The van der Waals surface area contributed by atoms with E-state index in [1.165, 1.54) is 8.61 Å². The zero-order chi connectivity index (χ0) is 15.1. The summed E-state index contributed by atoms with van der Waals surface area (Å²) in [6.45, 7) is 6.23. The normalized spacial score (nSPS) is 37.1. The first-order chi connectivity index (χ1) is 9.23. The van der Waals surface area contributed by atoms with Crippen molar-refractivity contribution in [3.8, 4) is 0 Å². The summed E-state index contributed by atoms with van der Waals surface area (Å²) in [7, 11) is -3.62. The number of hydrogen-bond donors (Lipinski definition) is 1. The second-order valence-corrected chi connectivity index (χ2v) is 7.55. The molecule has 2 saturated heterocycles.